The fourth-order valence-corrected chi connectivity index (χ4v) is 3.33. The molecule has 1 heterocycles. The lowest BCUT2D eigenvalue weighted by Crippen LogP contribution is -2.10. The number of nitrogens with zero attached hydrogens (tertiary/aromatic N) is 1. The molecule has 3 rings (SSSR count). The number of alkyl halides is 3. The molecule has 0 bridgehead atoms. The van der Waals surface area contributed by atoms with Crippen LogP contribution in [0, 0.1) is 0 Å². The van der Waals surface area contributed by atoms with Gasteiger partial charge in [0.15, 0.2) is 11.5 Å². The Morgan fingerprint density at radius 2 is 1.77 bits per heavy atom. The molecule has 0 unspecified atom stereocenters. The van der Waals surface area contributed by atoms with Gasteiger partial charge in [0.05, 0.1) is 31.4 Å². The molecule has 2 aromatic carbocycles. The molecule has 0 aliphatic rings. The summed E-state index contributed by atoms with van der Waals surface area (Å²) in [5.74, 6) is 0.659. The highest BCUT2D eigenvalue weighted by atomic mass is 32.1. The number of carbonyl (C=O) groups is 1. The highest BCUT2D eigenvalue weighted by Gasteiger charge is 2.30. The Balaban J connectivity index is 1.47. The molecule has 3 aromatic rings. The van der Waals surface area contributed by atoms with E-state index >= 15 is 0 Å². The van der Waals surface area contributed by atoms with Crippen LogP contribution in [0.1, 0.15) is 17.7 Å². The van der Waals surface area contributed by atoms with Crippen molar-refractivity contribution in [1.29, 1.82) is 0 Å². The number of halogens is 3. The van der Waals surface area contributed by atoms with Crippen molar-refractivity contribution in [3.05, 3.63) is 65.2 Å². The molecule has 0 spiro atoms. The molecule has 0 radical (unpaired) electrons. The number of aromatic nitrogens is 1. The molecule has 0 atom stereocenters. The Bertz CT molecular complexity index is 986. The number of para-hydroxylation sites is 2. The van der Waals surface area contributed by atoms with E-state index in [2.05, 4.69) is 4.98 Å². The van der Waals surface area contributed by atoms with Crippen LogP contribution < -0.4 is 9.47 Å². The molecule has 158 valence electrons. The van der Waals surface area contributed by atoms with Crippen molar-refractivity contribution < 1.29 is 32.2 Å². The van der Waals surface area contributed by atoms with Crippen molar-refractivity contribution >= 4 is 17.3 Å². The Morgan fingerprint density at radius 3 is 2.43 bits per heavy atom. The fourth-order valence-electron chi connectivity index (χ4n) is 2.52. The second-order valence-electron chi connectivity index (χ2n) is 6.13. The van der Waals surface area contributed by atoms with Gasteiger partial charge < -0.3 is 14.2 Å². The molecule has 0 aliphatic heterocycles. The summed E-state index contributed by atoms with van der Waals surface area (Å²) in [7, 11) is 1.53. The highest BCUT2D eigenvalue weighted by molar-refractivity contribution is 7.13. The van der Waals surface area contributed by atoms with Crippen molar-refractivity contribution in [2.75, 3.05) is 13.7 Å². The van der Waals surface area contributed by atoms with E-state index in [4.69, 9.17) is 14.2 Å². The number of ether oxygens (including phenoxy) is 3. The third-order valence-corrected chi connectivity index (χ3v) is 4.96. The summed E-state index contributed by atoms with van der Waals surface area (Å²) >= 11 is 1.26. The second-order valence-corrected chi connectivity index (χ2v) is 6.99. The molecule has 0 amide bonds. The van der Waals surface area contributed by atoms with Crippen LogP contribution in [-0.2, 0) is 22.3 Å². The zero-order valence-electron chi connectivity index (χ0n) is 15.9. The molecule has 30 heavy (non-hydrogen) atoms. The highest BCUT2D eigenvalue weighted by Crippen LogP contribution is 2.32. The molecule has 9 heteroatoms. The van der Waals surface area contributed by atoms with Crippen LogP contribution in [0.3, 0.4) is 0 Å². The average molecular weight is 437 g/mol. The maximum Gasteiger partial charge on any atom is 0.416 e. The number of benzene rings is 2. The predicted molar refractivity (Wildman–Crippen MR) is 105 cm³/mol. The van der Waals surface area contributed by atoms with Gasteiger partial charge in [-0.2, -0.15) is 13.2 Å². The minimum atomic E-state index is -4.38. The second kappa shape index (κ2) is 9.62. The van der Waals surface area contributed by atoms with Crippen LogP contribution in [0.2, 0.25) is 0 Å². The summed E-state index contributed by atoms with van der Waals surface area (Å²) in [5, 5.41) is 2.25. The van der Waals surface area contributed by atoms with Crippen LogP contribution in [0.15, 0.2) is 53.9 Å². The average Bonchev–Trinajstić information content (AvgIpc) is 3.21. The van der Waals surface area contributed by atoms with E-state index in [-0.39, 0.29) is 19.6 Å². The number of esters is 1. The number of methoxy groups -OCH3 is 1. The Hall–Kier alpha value is -3.07. The summed E-state index contributed by atoms with van der Waals surface area (Å²) in [5.41, 5.74) is 0.372. The van der Waals surface area contributed by atoms with Crippen LogP contribution in [-0.4, -0.2) is 24.7 Å². The topological polar surface area (TPSA) is 57.7 Å². The van der Waals surface area contributed by atoms with Gasteiger partial charge in [-0.1, -0.05) is 24.3 Å². The summed E-state index contributed by atoms with van der Waals surface area (Å²) in [4.78, 5) is 16.2. The normalized spacial score (nSPS) is 11.2. The third kappa shape index (κ3) is 5.73. The maximum atomic E-state index is 12.6. The first-order chi connectivity index (χ1) is 14.4. The first-order valence-electron chi connectivity index (χ1n) is 8.90. The van der Waals surface area contributed by atoms with E-state index in [1.807, 2.05) is 6.07 Å². The zero-order chi connectivity index (χ0) is 21.6. The van der Waals surface area contributed by atoms with Crippen LogP contribution in [0.25, 0.3) is 10.6 Å². The van der Waals surface area contributed by atoms with E-state index in [0.717, 1.165) is 12.1 Å². The minimum absolute atomic E-state index is 0.0232. The monoisotopic (exact) mass is 437 g/mol. The predicted octanol–water partition coefficient (Wildman–Crippen LogP) is 5.35. The van der Waals surface area contributed by atoms with E-state index < -0.39 is 17.7 Å². The summed E-state index contributed by atoms with van der Waals surface area (Å²) in [6.07, 6.45) is -4.33. The van der Waals surface area contributed by atoms with Gasteiger partial charge in [0.2, 0.25) is 0 Å². The lowest BCUT2D eigenvalue weighted by Gasteiger charge is -2.09. The molecule has 0 fully saturated rings. The molecule has 0 saturated heterocycles. The lowest BCUT2D eigenvalue weighted by molar-refractivity contribution is -0.145. The van der Waals surface area contributed by atoms with Gasteiger partial charge in [-0.05, 0) is 24.3 Å². The van der Waals surface area contributed by atoms with Gasteiger partial charge in [0.1, 0.15) is 11.6 Å². The van der Waals surface area contributed by atoms with Crippen LogP contribution in [0.4, 0.5) is 13.2 Å². The van der Waals surface area contributed by atoms with Crippen LogP contribution >= 0.6 is 11.3 Å². The molecule has 0 N–H and O–H groups in total. The van der Waals surface area contributed by atoms with Crippen LogP contribution in [0.5, 0.6) is 11.5 Å². The number of hydrogen-bond acceptors (Lipinski definition) is 6. The van der Waals surface area contributed by atoms with Gasteiger partial charge in [0, 0.05) is 10.9 Å². The molecule has 0 saturated carbocycles. The number of carbonyl (C=O) groups excluding carboxylic acids is 1. The standard InChI is InChI=1S/C21H18F3NO4S/c1-27-17-4-2-3-5-18(17)28-11-10-19(26)29-12-16-13-30-20(25-16)14-6-8-15(9-7-14)21(22,23)24/h2-9,13H,10-12H2,1H3. The Morgan fingerprint density at radius 1 is 1.07 bits per heavy atom. The molecular formula is C21H18F3NO4S. The van der Waals surface area contributed by atoms with Crippen molar-refractivity contribution in [3.8, 4) is 22.1 Å². The van der Waals surface area contributed by atoms with E-state index in [9.17, 15) is 18.0 Å². The third-order valence-electron chi connectivity index (χ3n) is 4.02. The van der Waals surface area contributed by atoms with Gasteiger partial charge in [-0.25, -0.2) is 4.98 Å². The number of hydrogen-bond donors (Lipinski definition) is 0. The van der Waals surface area contributed by atoms with Gasteiger partial charge in [-0.3, -0.25) is 4.79 Å². The van der Waals surface area contributed by atoms with E-state index in [0.29, 0.717) is 27.8 Å². The summed E-state index contributed by atoms with van der Waals surface area (Å²) in [6, 6.07) is 11.9. The Labute approximate surface area is 175 Å². The van der Waals surface area contributed by atoms with Crippen molar-refractivity contribution in [1.82, 2.24) is 4.98 Å². The maximum absolute atomic E-state index is 12.6. The zero-order valence-corrected chi connectivity index (χ0v) is 16.8. The first-order valence-corrected chi connectivity index (χ1v) is 9.78. The molecule has 5 nitrogen and oxygen atoms in total. The van der Waals surface area contributed by atoms with Gasteiger partial charge >= 0.3 is 12.1 Å². The largest absolute Gasteiger partial charge is 0.493 e. The Kier molecular flexibility index (Phi) is 6.94. The SMILES string of the molecule is COc1ccccc1OCCC(=O)OCc1csc(-c2ccc(C(F)(F)F)cc2)n1. The number of rotatable bonds is 8. The smallest absolute Gasteiger partial charge is 0.416 e. The van der Waals surface area contributed by atoms with E-state index in [1.165, 1.54) is 30.6 Å². The van der Waals surface area contributed by atoms with Crippen molar-refractivity contribution in [2.45, 2.75) is 19.2 Å². The summed E-state index contributed by atoms with van der Waals surface area (Å²) < 4.78 is 53.8. The quantitative estimate of drug-likeness (QED) is 0.445. The molecule has 1 aromatic heterocycles. The number of thiazole rings is 1. The van der Waals surface area contributed by atoms with Crippen molar-refractivity contribution in [2.24, 2.45) is 0 Å². The molecule has 0 aliphatic carbocycles. The van der Waals surface area contributed by atoms with Gasteiger partial charge in [0.25, 0.3) is 0 Å². The lowest BCUT2D eigenvalue weighted by atomic mass is 10.1. The minimum Gasteiger partial charge on any atom is -0.493 e. The van der Waals surface area contributed by atoms with Gasteiger partial charge in [-0.15, -0.1) is 11.3 Å². The fraction of sp³-hybridized carbons (Fsp3) is 0.238. The van der Waals surface area contributed by atoms with Crippen molar-refractivity contribution in [3.63, 3.8) is 0 Å². The summed E-state index contributed by atoms with van der Waals surface area (Å²) in [6.45, 7) is 0.109. The molecular weight excluding hydrogens is 419 g/mol. The first kappa shape index (κ1) is 21.6. The van der Waals surface area contributed by atoms with E-state index in [1.54, 1.807) is 23.6 Å².